The average molecular weight is 382 g/mol. The third-order valence-corrected chi connectivity index (χ3v) is 5.45. The molecule has 0 spiro atoms. The van der Waals surface area contributed by atoms with Gasteiger partial charge < -0.3 is 14.8 Å². The first kappa shape index (κ1) is 20.5. The summed E-state index contributed by atoms with van der Waals surface area (Å²) in [5.41, 5.74) is 3.53. The zero-order valence-corrected chi connectivity index (χ0v) is 17.9. The molecule has 0 atom stereocenters. The predicted molar refractivity (Wildman–Crippen MR) is 115 cm³/mol. The van der Waals surface area contributed by atoms with Crippen LogP contribution in [-0.4, -0.2) is 27.1 Å². The van der Waals surface area contributed by atoms with Gasteiger partial charge in [-0.1, -0.05) is 49.1 Å². The van der Waals surface area contributed by atoms with Gasteiger partial charge in [-0.3, -0.25) is 0 Å². The van der Waals surface area contributed by atoms with Crippen LogP contribution >= 0.6 is 0 Å². The van der Waals surface area contributed by atoms with Gasteiger partial charge in [-0.05, 0) is 58.2 Å². The summed E-state index contributed by atoms with van der Waals surface area (Å²) in [7, 11) is 0. The lowest BCUT2D eigenvalue weighted by atomic mass is 9.94. The Kier molecular flexibility index (Phi) is 6.48. The summed E-state index contributed by atoms with van der Waals surface area (Å²) in [6.45, 7) is 9.76. The quantitative estimate of drug-likeness (QED) is 0.731. The Hall–Kier alpha value is -2.23. The molecule has 2 aromatic rings. The Morgan fingerprint density at radius 2 is 1.89 bits per heavy atom. The van der Waals surface area contributed by atoms with Gasteiger partial charge in [0, 0.05) is 30.0 Å². The number of benzene rings is 1. The van der Waals surface area contributed by atoms with E-state index in [1.54, 1.807) is 0 Å². The van der Waals surface area contributed by atoms with Gasteiger partial charge in [0.2, 0.25) is 0 Å². The van der Waals surface area contributed by atoms with E-state index in [-0.39, 0.29) is 11.6 Å². The molecule has 1 aromatic carbocycles. The zero-order chi connectivity index (χ0) is 20.1. The van der Waals surface area contributed by atoms with Crippen molar-refractivity contribution in [3.63, 3.8) is 0 Å². The molecule has 0 aliphatic heterocycles. The molecule has 0 saturated heterocycles. The molecule has 152 valence electrons. The summed E-state index contributed by atoms with van der Waals surface area (Å²) < 4.78 is 2.27. The van der Waals surface area contributed by atoms with Gasteiger partial charge in [-0.2, -0.15) is 0 Å². The second-order valence-electron chi connectivity index (χ2n) is 9.22. The van der Waals surface area contributed by atoms with Crippen LogP contribution in [0.3, 0.4) is 0 Å². The van der Waals surface area contributed by atoms with Crippen molar-refractivity contribution in [2.45, 2.75) is 84.5 Å². The van der Waals surface area contributed by atoms with Crippen LogP contribution in [0.15, 0.2) is 42.6 Å². The topological polar surface area (TPSA) is 37.3 Å². The van der Waals surface area contributed by atoms with E-state index >= 15 is 0 Å². The molecular weight excluding hydrogens is 346 g/mol. The molecule has 1 aliphatic carbocycles. The van der Waals surface area contributed by atoms with Gasteiger partial charge in [-0.25, -0.2) is 4.79 Å². The number of urea groups is 1. The minimum Gasteiger partial charge on any atom is -0.345 e. The molecule has 1 N–H and O–H groups in total. The number of amides is 2. The Morgan fingerprint density at radius 3 is 2.57 bits per heavy atom. The molecule has 1 aromatic heterocycles. The first-order valence-corrected chi connectivity index (χ1v) is 10.6. The molecule has 4 nitrogen and oxygen atoms in total. The van der Waals surface area contributed by atoms with Crippen molar-refractivity contribution in [3.05, 3.63) is 59.4 Å². The Bertz CT molecular complexity index is 781. The van der Waals surface area contributed by atoms with Crippen LogP contribution in [0, 0.1) is 6.92 Å². The van der Waals surface area contributed by atoms with E-state index in [4.69, 9.17) is 0 Å². The predicted octanol–water partition coefficient (Wildman–Crippen LogP) is 5.49. The lowest BCUT2D eigenvalue weighted by Crippen LogP contribution is -2.52. The average Bonchev–Trinajstić information content (AvgIpc) is 3.05. The van der Waals surface area contributed by atoms with Crippen molar-refractivity contribution < 1.29 is 4.79 Å². The number of carbonyl (C=O) groups is 1. The fourth-order valence-electron chi connectivity index (χ4n) is 4.08. The minimum absolute atomic E-state index is 0.0581. The number of rotatable bonds is 5. The number of carbonyl (C=O) groups excluding carboxylic acids is 1. The van der Waals surface area contributed by atoms with Gasteiger partial charge in [-0.15, -0.1) is 0 Å². The fourth-order valence-corrected chi connectivity index (χ4v) is 4.08. The van der Waals surface area contributed by atoms with Crippen molar-refractivity contribution >= 4 is 6.03 Å². The number of aryl methyl sites for hydroxylation is 1. The van der Waals surface area contributed by atoms with E-state index in [1.807, 2.05) is 20.8 Å². The molecule has 1 fully saturated rings. The van der Waals surface area contributed by atoms with Crippen LogP contribution in [-0.2, 0) is 13.1 Å². The van der Waals surface area contributed by atoms with E-state index in [1.165, 1.54) is 36.1 Å². The van der Waals surface area contributed by atoms with Crippen LogP contribution in [0.1, 0.15) is 69.7 Å². The van der Waals surface area contributed by atoms with E-state index in [2.05, 4.69) is 64.3 Å². The Balaban J connectivity index is 1.78. The molecule has 2 amide bonds. The highest BCUT2D eigenvalue weighted by Crippen LogP contribution is 2.25. The normalized spacial score (nSPS) is 15.4. The van der Waals surface area contributed by atoms with E-state index in [0.717, 1.165) is 19.4 Å². The van der Waals surface area contributed by atoms with Crippen LogP contribution < -0.4 is 5.32 Å². The van der Waals surface area contributed by atoms with Crippen molar-refractivity contribution in [1.29, 1.82) is 0 Å². The zero-order valence-electron chi connectivity index (χ0n) is 17.9. The number of nitrogens with one attached hydrogen (secondary N) is 1. The molecular formula is C24H35N3O. The summed E-state index contributed by atoms with van der Waals surface area (Å²) in [5.74, 6) is 0. The summed E-state index contributed by atoms with van der Waals surface area (Å²) >= 11 is 0. The van der Waals surface area contributed by atoms with Crippen molar-refractivity contribution in [1.82, 2.24) is 14.8 Å². The van der Waals surface area contributed by atoms with Gasteiger partial charge >= 0.3 is 6.03 Å². The third-order valence-electron chi connectivity index (χ3n) is 5.45. The lowest BCUT2D eigenvalue weighted by Gasteiger charge is -2.36. The molecule has 0 unspecified atom stereocenters. The Labute approximate surface area is 169 Å². The van der Waals surface area contributed by atoms with Gasteiger partial charge in [0.15, 0.2) is 0 Å². The van der Waals surface area contributed by atoms with Crippen LogP contribution in [0.4, 0.5) is 4.79 Å². The van der Waals surface area contributed by atoms with Crippen LogP contribution in [0.25, 0.3) is 0 Å². The van der Waals surface area contributed by atoms with Gasteiger partial charge in [0.25, 0.3) is 0 Å². The number of hydrogen-bond donors (Lipinski definition) is 1. The fraction of sp³-hybridized carbons (Fsp3) is 0.542. The van der Waals surface area contributed by atoms with Crippen molar-refractivity contribution in [2.24, 2.45) is 0 Å². The molecule has 0 bridgehead atoms. The number of aromatic nitrogens is 1. The minimum atomic E-state index is -0.229. The largest absolute Gasteiger partial charge is 0.345 e. The highest BCUT2D eigenvalue weighted by molar-refractivity contribution is 5.75. The maximum Gasteiger partial charge on any atom is 0.318 e. The molecule has 1 saturated carbocycles. The molecule has 1 heterocycles. The number of nitrogens with zero attached hydrogens (tertiary/aromatic N) is 2. The highest BCUT2D eigenvalue weighted by atomic mass is 16.2. The smallest absolute Gasteiger partial charge is 0.318 e. The highest BCUT2D eigenvalue weighted by Gasteiger charge is 2.28. The van der Waals surface area contributed by atoms with E-state index in [9.17, 15) is 4.79 Å². The summed E-state index contributed by atoms with van der Waals surface area (Å²) in [6.07, 6.45) is 8.06. The summed E-state index contributed by atoms with van der Waals surface area (Å²) in [4.78, 5) is 15.2. The second-order valence-corrected chi connectivity index (χ2v) is 9.22. The maximum atomic E-state index is 13.1. The molecule has 28 heavy (non-hydrogen) atoms. The molecule has 3 rings (SSSR count). The maximum absolute atomic E-state index is 13.1. The van der Waals surface area contributed by atoms with Crippen LogP contribution in [0.5, 0.6) is 0 Å². The summed E-state index contributed by atoms with van der Waals surface area (Å²) in [6, 6.07) is 13.3. The van der Waals surface area contributed by atoms with Crippen LogP contribution in [0.2, 0.25) is 0 Å². The monoisotopic (exact) mass is 381 g/mol. The van der Waals surface area contributed by atoms with Crippen molar-refractivity contribution in [3.8, 4) is 0 Å². The van der Waals surface area contributed by atoms with Crippen molar-refractivity contribution in [2.75, 3.05) is 0 Å². The van der Waals surface area contributed by atoms with Gasteiger partial charge in [0.05, 0.1) is 6.54 Å². The Morgan fingerprint density at radius 1 is 1.14 bits per heavy atom. The lowest BCUT2D eigenvalue weighted by molar-refractivity contribution is 0.142. The molecule has 4 heteroatoms. The molecule has 0 radical (unpaired) electrons. The first-order chi connectivity index (χ1) is 13.3. The van der Waals surface area contributed by atoms with E-state index < -0.39 is 0 Å². The van der Waals surface area contributed by atoms with Gasteiger partial charge in [0.1, 0.15) is 0 Å². The molecule has 1 aliphatic rings. The SMILES string of the molecule is Cc1cccc(Cn2cccc2CN(C(=O)NC(C)(C)C)C2CCCCC2)c1. The standard InChI is InChI=1S/C24H35N3O/c1-19-10-8-11-20(16-19)17-26-15-9-14-22(26)18-27(21-12-6-5-7-13-21)23(28)25-24(2,3)4/h8-11,14-16,21H,5-7,12-13,17-18H2,1-4H3,(H,25,28). The second kappa shape index (κ2) is 8.85. The first-order valence-electron chi connectivity index (χ1n) is 10.6. The summed E-state index contributed by atoms with van der Waals surface area (Å²) in [5, 5.41) is 3.18. The number of hydrogen-bond acceptors (Lipinski definition) is 1. The third kappa shape index (κ3) is 5.63. The van der Waals surface area contributed by atoms with E-state index in [0.29, 0.717) is 12.6 Å².